The summed E-state index contributed by atoms with van der Waals surface area (Å²) in [4.78, 5) is 19.3. The second kappa shape index (κ2) is 10.6. The van der Waals surface area contributed by atoms with Gasteiger partial charge in [0.1, 0.15) is 18.1 Å². The zero-order chi connectivity index (χ0) is 20.5. The van der Waals surface area contributed by atoms with Crippen molar-refractivity contribution in [2.75, 3.05) is 13.1 Å². The lowest BCUT2D eigenvalue weighted by molar-refractivity contribution is -0.619. The topological polar surface area (TPSA) is 99.1 Å². The summed E-state index contributed by atoms with van der Waals surface area (Å²) in [5, 5.41) is 9.74. The minimum absolute atomic E-state index is 0.00863. The summed E-state index contributed by atoms with van der Waals surface area (Å²) in [6.45, 7) is 8.36. The normalized spacial score (nSPS) is 14.2. The fourth-order valence-electron chi connectivity index (χ4n) is 3.19. The van der Waals surface area contributed by atoms with Crippen molar-refractivity contribution < 1.29 is 10.1 Å². The number of amidine groups is 1. The lowest BCUT2D eigenvalue weighted by Crippen LogP contribution is -2.80. The summed E-state index contributed by atoms with van der Waals surface area (Å²) < 4.78 is 0. The Morgan fingerprint density at radius 3 is 2.46 bits per heavy atom. The largest absolute Gasteiger partial charge is 0.387 e. The van der Waals surface area contributed by atoms with Gasteiger partial charge in [-0.3, -0.25) is 4.79 Å². The molecule has 1 aliphatic rings. The number of nitrogens with one attached hydrogen (secondary N) is 1. The van der Waals surface area contributed by atoms with Gasteiger partial charge in [-0.1, -0.05) is 43.7 Å². The summed E-state index contributed by atoms with van der Waals surface area (Å²) in [7, 11) is 0. The van der Waals surface area contributed by atoms with E-state index in [1.165, 1.54) is 17.3 Å². The number of aryl methyl sites for hydroxylation is 1. The van der Waals surface area contributed by atoms with Crippen molar-refractivity contribution in [2.24, 2.45) is 10.7 Å². The predicted octanol–water partition coefficient (Wildman–Crippen LogP) is 2.26. The Kier molecular flexibility index (Phi) is 8.14. The van der Waals surface area contributed by atoms with Crippen LogP contribution >= 0.6 is 0 Å². The van der Waals surface area contributed by atoms with E-state index in [0.29, 0.717) is 30.1 Å². The number of allylic oxidation sites excluding steroid dienone is 2. The summed E-state index contributed by atoms with van der Waals surface area (Å²) in [5.74, 6) is 0.374. The lowest BCUT2D eigenvalue weighted by atomic mass is 10.1. The van der Waals surface area contributed by atoms with Crippen LogP contribution in [0.15, 0.2) is 52.3 Å². The number of benzene rings is 1. The Balaban J connectivity index is 2.29. The van der Waals surface area contributed by atoms with Crippen LogP contribution in [0.25, 0.3) is 0 Å². The number of aliphatic imine (C=N–C) groups is 1. The van der Waals surface area contributed by atoms with Crippen LogP contribution in [0.5, 0.6) is 0 Å². The molecule has 6 nitrogen and oxygen atoms in total. The standard InChI is InChI=1S/C22H31N5O/c1-4-10-27(11-5-2)22(28)18-12-19(20(14-23)26-21(24)13-18)25-15-17-8-6-16(3)7-9-17/h6-9,12,14,23,25H,4-5,10-11,13,15H2,1-3H3,(H2,24,26)/p+1. The van der Waals surface area contributed by atoms with Crippen LogP contribution in [0.2, 0.25) is 0 Å². The van der Waals surface area contributed by atoms with E-state index in [9.17, 15) is 4.79 Å². The second-order valence-electron chi connectivity index (χ2n) is 7.12. The fraction of sp³-hybridized carbons (Fsp3) is 0.409. The van der Waals surface area contributed by atoms with Crippen LogP contribution in [0.3, 0.4) is 0 Å². The molecule has 2 rings (SSSR count). The van der Waals surface area contributed by atoms with Crippen molar-refractivity contribution >= 4 is 18.0 Å². The maximum absolute atomic E-state index is 13.1. The van der Waals surface area contributed by atoms with E-state index < -0.39 is 0 Å². The minimum Gasteiger partial charge on any atom is -0.387 e. The van der Waals surface area contributed by atoms with Crippen LogP contribution < -0.4 is 11.1 Å². The van der Waals surface area contributed by atoms with Gasteiger partial charge in [0.2, 0.25) is 5.91 Å². The van der Waals surface area contributed by atoms with E-state index in [2.05, 4.69) is 50.0 Å². The van der Waals surface area contributed by atoms with E-state index in [0.717, 1.165) is 31.6 Å². The fourth-order valence-corrected chi connectivity index (χ4v) is 3.19. The number of hydrogen-bond acceptors (Lipinski definition) is 4. The molecule has 0 spiro atoms. The zero-order valence-corrected chi connectivity index (χ0v) is 17.2. The molecule has 1 heterocycles. The molecule has 0 saturated carbocycles. The molecular formula is C22H32N5O+. The van der Waals surface area contributed by atoms with E-state index in [1.807, 2.05) is 16.3 Å². The molecule has 6 heteroatoms. The van der Waals surface area contributed by atoms with Gasteiger partial charge in [-0.05, 0) is 19.8 Å². The zero-order valence-electron chi connectivity index (χ0n) is 17.2. The van der Waals surface area contributed by atoms with Gasteiger partial charge >= 0.3 is 0 Å². The van der Waals surface area contributed by atoms with Crippen LogP contribution in [-0.2, 0) is 11.3 Å². The predicted molar refractivity (Wildman–Crippen MR) is 114 cm³/mol. The number of rotatable bonds is 9. The summed E-state index contributed by atoms with van der Waals surface area (Å²) in [6.07, 6.45) is 5.20. The van der Waals surface area contributed by atoms with Gasteiger partial charge in [0.05, 0.1) is 0 Å². The first-order chi connectivity index (χ1) is 13.5. The molecule has 0 saturated heterocycles. The number of hydrogen-bond donors (Lipinski definition) is 3. The number of carbonyl (C=O) groups excluding carboxylic acids is 1. The van der Waals surface area contributed by atoms with Crippen molar-refractivity contribution in [3.8, 4) is 0 Å². The van der Waals surface area contributed by atoms with E-state index in [-0.39, 0.29) is 5.91 Å². The molecule has 0 aromatic heterocycles. The molecule has 5 N–H and O–H groups in total. The summed E-state index contributed by atoms with van der Waals surface area (Å²) >= 11 is 0. The Morgan fingerprint density at radius 1 is 1.25 bits per heavy atom. The van der Waals surface area contributed by atoms with Gasteiger partial charge in [-0.25, -0.2) is 4.99 Å². The molecule has 28 heavy (non-hydrogen) atoms. The molecule has 1 aromatic carbocycles. The SMILES string of the molecule is CCCN(CCC)C(=O)C1=CC([NH2+]Cc2ccc(C)cc2)=C(C=N)N=C(N)C1. The smallest absolute Gasteiger partial charge is 0.250 e. The van der Waals surface area contributed by atoms with Crippen LogP contribution in [0.1, 0.15) is 44.2 Å². The monoisotopic (exact) mass is 382 g/mol. The van der Waals surface area contributed by atoms with Crippen molar-refractivity contribution in [2.45, 2.75) is 46.6 Å². The van der Waals surface area contributed by atoms with Gasteiger partial charge in [-0.15, -0.1) is 0 Å². The van der Waals surface area contributed by atoms with Crippen LogP contribution in [0.4, 0.5) is 0 Å². The number of amides is 1. The Bertz CT molecular complexity index is 784. The van der Waals surface area contributed by atoms with Crippen molar-refractivity contribution in [3.63, 3.8) is 0 Å². The number of nitrogens with zero attached hydrogens (tertiary/aromatic N) is 2. The molecule has 1 amide bonds. The average molecular weight is 383 g/mol. The van der Waals surface area contributed by atoms with Gasteiger partial charge in [-0.2, -0.15) is 0 Å². The molecule has 0 radical (unpaired) electrons. The van der Waals surface area contributed by atoms with Crippen molar-refractivity contribution in [1.29, 1.82) is 5.41 Å². The Hall–Kier alpha value is -2.73. The molecule has 0 atom stereocenters. The van der Waals surface area contributed by atoms with Crippen LogP contribution in [0, 0.1) is 12.3 Å². The van der Waals surface area contributed by atoms with E-state index >= 15 is 0 Å². The molecule has 1 aliphatic heterocycles. The summed E-state index contributed by atoms with van der Waals surface area (Å²) in [6, 6.07) is 8.34. The first-order valence-corrected chi connectivity index (χ1v) is 9.94. The molecule has 0 bridgehead atoms. The Labute approximate surface area is 167 Å². The highest BCUT2D eigenvalue weighted by Crippen LogP contribution is 2.16. The number of carbonyl (C=O) groups is 1. The van der Waals surface area contributed by atoms with Crippen molar-refractivity contribution in [3.05, 3.63) is 58.4 Å². The molecule has 1 aromatic rings. The second-order valence-corrected chi connectivity index (χ2v) is 7.12. The lowest BCUT2D eigenvalue weighted by Gasteiger charge is -2.22. The quantitative estimate of drug-likeness (QED) is 0.571. The number of nitrogens with two attached hydrogens (primary N) is 2. The Morgan fingerprint density at radius 2 is 1.89 bits per heavy atom. The third-order valence-corrected chi connectivity index (χ3v) is 4.63. The summed E-state index contributed by atoms with van der Waals surface area (Å²) in [5.41, 5.74) is 10.3. The third kappa shape index (κ3) is 5.89. The molecule has 0 fully saturated rings. The maximum atomic E-state index is 13.1. The first-order valence-electron chi connectivity index (χ1n) is 9.94. The highest BCUT2D eigenvalue weighted by Gasteiger charge is 2.22. The molecule has 0 aliphatic carbocycles. The van der Waals surface area contributed by atoms with Gasteiger partial charge < -0.3 is 21.4 Å². The minimum atomic E-state index is 0.00863. The van der Waals surface area contributed by atoms with Gasteiger partial charge in [0, 0.05) is 42.9 Å². The molecule has 150 valence electrons. The molecule has 0 unspecified atom stereocenters. The van der Waals surface area contributed by atoms with E-state index in [4.69, 9.17) is 11.1 Å². The highest BCUT2D eigenvalue weighted by atomic mass is 16.2. The third-order valence-electron chi connectivity index (χ3n) is 4.63. The first kappa shape index (κ1) is 21.6. The van der Waals surface area contributed by atoms with Crippen molar-refractivity contribution in [1.82, 2.24) is 4.90 Å². The maximum Gasteiger partial charge on any atom is 0.250 e. The van der Waals surface area contributed by atoms with Crippen LogP contribution in [-0.4, -0.2) is 35.9 Å². The van der Waals surface area contributed by atoms with E-state index in [1.54, 1.807) is 0 Å². The van der Waals surface area contributed by atoms with Gasteiger partial charge in [0.15, 0.2) is 5.70 Å². The number of quaternary nitrogens is 1. The van der Waals surface area contributed by atoms with Gasteiger partial charge in [0.25, 0.3) is 0 Å². The average Bonchev–Trinajstić information content (AvgIpc) is 2.85. The molecular weight excluding hydrogens is 350 g/mol. The highest BCUT2D eigenvalue weighted by molar-refractivity contribution is 6.01.